The van der Waals surface area contributed by atoms with Crippen LogP contribution in [0.3, 0.4) is 0 Å². The molecule has 330 valence electrons. The van der Waals surface area contributed by atoms with E-state index in [9.17, 15) is 29.4 Å². The van der Waals surface area contributed by atoms with E-state index in [0.29, 0.717) is 22.3 Å². The predicted octanol–water partition coefficient (Wildman–Crippen LogP) is 3.50. The molecule has 4 aromatic rings. The van der Waals surface area contributed by atoms with Gasteiger partial charge in [-0.2, -0.15) is 0 Å². The Hall–Kier alpha value is -5.48. The number of ether oxygens (including phenoxy) is 4. The summed E-state index contributed by atoms with van der Waals surface area (Å²) in [5.41, 5.74) is 16.7. The lowest BCUT2D eigenvalue weighted by atomic mass is 9.99. The third kappa shape index (κ3) is 11.1. The maximum atomic E-state index is 14.5. The van der Waals surface area contributed by atoms with Crippen LogP contribution < -0.4 is 22.1 Å². The summed E-state index contributed by atoms with van der Waals surface area (Å²) in [6.45, 7) is 6.90. The van der Waals surface area contributed by atoms with Crippen LogP contribution in [0.25, 0.3) is 0 Å². The summed E-state index contributed by atoms with van der Waals surface area (Å²) in [4.78, 5) is 55.2. The Bertz CT molecular complexity index is 1990. The van der Waals surface area contributed by atoms with Gasteiger partial charge in [0.15, 0.2) is 12.2 Å². The molecule has 0 radical (unpaired) electrons. The minimum atomic E-state index is -2.05. The second-order valence-electron chi connectivity index (χ2n) is 16.7. The highest BCUT2D eigenvalue weighted by Crippen LogP contribution is 2.36. The van der Waals surface area contributed by atoms with Gasteiger partial charge in [0.2, 0.25) is 0 Å². The first-order valence-corrected chi connectivity index (χ1v) is 21.1. The molecule has 10 atom stereocenters. The van der Waals surface area contributed by atoms with Gasteiger partial charge in [-0.1, -0.05) is 137 Å². The molecule has 0 fully saturated rings. The summed E-state index contributed by atoms with van der Waals surface area (Å²) in [7, 11) is 0. The number of nitrogens with two attached hydrogens (primary N) is 2. The molecule has 6 rings (SSSR count). The van der Waals surface area contributed by atoms with Crippen LogP contribution in [-0.4, -0.2) is 82.7 Å². The van der Waals surface area contributed by atoms with E-state index in [0.717, 1.165) is 11.1 Å². The highest BCUT2D eigenvalue weighted by atomic mass is 16.6. The number of rotatable bonds is 19. The molecular weight excluding hydrogens is 793 g/mol. The Morgan fingerprint density at radius 3 is 1.26 bits per heavy atom. The third-order valence-electron chi connectivity index (χ3n) is 11.5. The molecule has 8 N–H and O–H groups in total. The van der Waals surface area contributed by atoms with Crippen LogP contribution >= 0.6 is 0 Å². The summed E-state index contributed by atoms with van der Waals surface area (Å²) in [6.07, 6.45) is -8.76. The number of aliphatic hydroxyl groups excluding tert-OH is 2. The number of carbonyl (C=O) groups is 4. The van der Waals surface area contributed by atoms with Gasteiger partial charge in [0.25, 0.3) is 11.8 Å². The SMILES string of the molecule is CC(C)C(N)C(=O)OC1Cc2ccccc2C1NC(=O)[C@H](OCc1ccccc1)[C@H](O)C(O)[C@@H](OCc1ccccc1)C(=O)N[C@H]1c2ccccc2CC1OC(=O)C(N)C(C)C. The Balaban J connectivity index is 1.29. The minimum Gasteiger partial charge on any atom is -0.458 e. The number of aliphatic hydroxyl groups is 2. The molecule has 62 heavy (non-hydrogen) atoms. The molecule has 6 unspecified atom stereocenters. The Morgan fingerprint density at radius 2 is 0.903 bits per heavy atom. The van der Waals surface area contributed by atoms with Crippen molar-refractivity contribution in [2.45, 2.75) is 115 Å². The molecule has 2 aliphatic rings. The van der Waals surface area contributed by atoms with E-state index in [1.165, 1.54) is 0 Å². The van der Waals surface area contributed by atoms with Gasteiger partial charge in [-0.05, 0) is 45.2 Å². The van der Waals surface area contributed by atoms with Crippen molar-refractivity contribution in [2.24, 2.45) is 23.3 Å². The van der Waals surface area contributed by atoms with Crippen LogP contribution in [-0.2, 0) is 64.2 Å². The Kier molecular flexibility index (Phi) is 15.6. The first-order valence-electron chi connectivity index (χ1n) is 21.1. The molecule has 0 aliphatic heterocycles. The van der Waals surface area contributed by atoms with Crippen molar-refractivity contribution in [1.82, 2.24) is 10.6 Å². The average molecular weight is 851 g/mol. The zero-order chi connectivity index (χ0) is 44.5. The maximum absolute atomic E-state index is 14.5. The van der Waals surface area contributed by atoms with E-state index in [2.05, 4.69) is 10.6 Å². The number of nitrogens with one attached hydrogen (secondary N) is 2. The van der Waals surface area contributed by atoms with Crippen LogP contribution in [0.2, 0.25) is 0 Å². The van der Waals surface area contributed by atoms with Crippen LogP contribution in [0.5, 0.6) is 0 Å². The zero-order valence-corrected chi connectivity index (χ0v) is 35.5. The largest absolute Gasteiger partial charge is 0.458 e. The lowest BCUT2D eigenvalue weighted by Gasteiger charge is -2.33. The Morgan fingerprint density at radius 1 is 0.565 bits per heavy atom. The van der Waals surface area contributed by atoms with Crippen molar-refractivity contribution in [3.63, 3.8) is 0 Å². The predicted molar refractivity (Wildman–Crippen MR) is 229 cm³/mol. The quantitative estimate of drug-likeness (QED) is 0.0747. The molecule has 4 aromatic carbocycles. The molecule has 0 aromatic heterocycles. The van der Waals surface area contributed by atoms with Crippen molar-refractivity contribution in [3.05, 3.63) is 143 Å². The number of hydrogen-bond donors (Lipinski definition) is 6. The number of fused-ring (bicyclic) bond motifs is 2. The van der Waals surface area contributed by atoms with Gasteiger partial charge in [-0.25, -0.2) is 0 Å². The first-order chi connectivity index (χ1) is 29.7. The minimum absolute atomic E-state index is 0.155. The maximum Gasteiger partial charge on any atom is 0.323 e. The van der Waals surface area contributed by atoms with E-state index < -0.39 is 84.5 Å². The number of amides is 2. The molecule has 14 nitrogen and oxygen atoms in total. The van der Waals surface area contributed by atoms with Crippen molar-refractivity contribution in [3.8, 4) is 0 Å². The summed E-state index contributed by atoms with van der Waals surface area (Å²) in [5, 5.41) is 30.0. The van der Waals surface area contributed by atoms with Crippen LogP contribution in [0, 0.1) is 11.8 Å². The fourth-order valence-corrected chi connectivity index (χ4v) is 7.69. The summed E-state index contributed by atoms with van der Waals surface area (Å²) < 4.78 is 24.0. The third-order valence-corrected chi connectivity index (χ3v) is 11.5. The summed E-state index contributed by atoms with van der Waals surface area (Å²) in [5.74, 6) is -3.34. The zero-order valence-electron chi connectivity index (χ0n) is 35.5. The van der Waals surface area contributed by atoms with Gasteiger partial charge in [0, 0.05) is 12.8 Å². The van der Waals surface area contributed by atoms with Crippen LogP contribution in [0.4, 0.5) is 0 Å². The molecule has 0 spiro atoms. The number of hydrogen-bond acceptors (Lipinski definition) is 12. The van der Waals surface area contributed by atoms with Gasteiger partial charge in [0.05, 0.1) is 25.3 Å². The Labute approximate surface area is 362 Å². The molecule has 2 aliphatic carbocycles. The van der Waals surface area contributed by atoms with Crippen molar-refractivity contribution in [1.29, 1.82) is 0 Å². The summed E-state index contributed by atoms with van der Waals surface area (Å²) >= 11 is 0. The highest BCUT2D eigenvalue weighted by Gasteiger charge is 2.46. The van der Waals surface area contributed by atoms with E-state index in [-0.39, 0.29) is 37.9 Å². The van der Waals surface area contributed by atoms with E-state index in [1.807, 2.05) is 48.5 Å². The molecule has 14 heteroatoms. The fourth-order valence-electron chi connectivity index (χ4n) is 7.69. The highest BCUT2D eigenvalue weighted by molar-refractivity contribution is 5.85. The van der Waals surface area contributed by atoms with Crippen LogP contribution in [0.15, 0.2) is 109 Å². The average Bonchev–Trinajstić information content (AvgIpc) is 3.79. The normalized spacial score (nSPS) is 20.9. The van der Waals surface area contributed by atoms with Gasteiger partial charge in [0.1, 0.15) is 36.5 Å². The molecule has 0 heterocycles. The first kappa shape index (κ1) is 46.0. The number of carbonyl (C=O) groups excluding carboxylic acids is 4. The second-order valence-corrected chi connectivity index (χ2v) is 16.7. The van der Waals surface area contributed by atoms with Gasteiger partial charge >= 0.3 is 11.9 Å². The van der Waals surface area contributed by atoms with Crippen molar-refractivity contribution < 1.29 is 48.3 Å². The summed E-state index contributed by atoms with van der Waals surface area (Å²) in [6, 6.07) is 29.0. The lowest BCUT2D eigenvalue weighted by molar-refractivity contribution is -0.172. The van der Waals surface area contributed by atoms with E-state index in [1.54, 1.807) is 88.4 Å². The standard InChI is InChI=1S/C48H58N4O10/c1-27(2)37(49)47(57)61-35-23-31-19-11-13-21-33(31)39(35)51-45(55)43(59-25-29-15-7-5-8-16-29)41(53)42(54)44(60-26-30-17-9-6-10-18-30)46(56)52-40-34-22-14-12-20-32(34)24-36(40)62-48(58)38(50)28(3)4/h5-22,27-28,35-44,53-54H,23-26,49-50H2,1-4H3,(H,51,55)(H,52,56)/t35?,36?,37?,38?,39-,40?,41?,42+,43+,44+/m0/s1. The van der Waals surface area contributed by atoms with Crippen molar-refractivity contribution in [2.75, 3.05) is 0 Å². The lowest BCUT2D eigenvalue weighted by Crippen LogP contribution is -2.57. The monoisotopic (exact) mass is 850 g/mol. The van der Waals surface area contributed by atoms with Gasteiger partial charge in [-0.3, -0.25) is 19.2 Å². The molecular formula is C48H58N4O10. The van der Waals surface area contributed by atoms with Crippen molar-refractivity contribution >= 4 is 23.8 Å². The van der Waals surface area contributed by atoms with Gasteiger partial charge in [-0.15, -0.1) is 0 Å². The van der Waals surface area contributed by atoms with E-state index in [4.69, 9.17) is 30.4 Å². The van der Waals surface area contributed by atoms with Crippen LogP contribution in [0.1, 0.15) is 73.2 Å². The fraction of sp³-hybridized carbons (Fsp3) is 0.417. The van der Waals surface area contributed by atoms with Gasteiger partial charge < -0.3 is 51.3 Å². The molecule has 0 bridgehead atoms. The van der Waals surface area contributed by atoms with E-state index >= 15 is 0 Å². The number of benzene rings is 4. The number of esters is 2. The second kappa shape index (κ2) is 21.1. The smallest absolute Gasteiger partial charge is 0.323 e. The molecule has 0 saturated heterocycles. The topological polar surface area (TPSA) is 222 Å². The molecule has 0 saturated carbocycles. The molecule has 2 amide bonds.